The summed E-state index contributed by atoms with van der Waals surface area (Å²) in [6.07, 6.45) is -1.49. The van der Waals surface area contributed by atoms with Gasteiger partial charge in [-0.2, -0.15) is 0 Å². The Morgan fingerprint density at radius 3 is 2.12 bits per heavy atom. The number of nitrogens with one attached hydrogen (secondary N) is 1. The van der Waals surface area contributed by atoms with Gasteiger partial charge in [-0.05, 0) is 62.8 Å². The first-order chi connectivity index (χ1) is 19.8. The number of hydrogen-bond acceptors (Lipinski definition) is 4. The Labute approximate surface area is 243 Å². The summed E-state index contributed by atoms with van der Waals surface area (Å²) in [6, 6.07) is 9.83. The predicted molar refractivity (Wildman–Crippen MR) is 149 cm³/mol. The molecule has 0 saturated heterocycles. The number of urea groups is 1. The van der Waals surface area contributed by atoms with Crippen molar-refractivity contribution in [2.45, 2.75) is 88.6 Å². The molecule has 7 nitrogen and oxygen atoms in total. The largest absolute Gasteiger partial charge is 0.493 e. The maximum atomic E-state index is 15.1. The highest BCUT2D eigenvalue weighted by molar-refractivity contribution is 5.88. The molecule has 11 heteroatoms. The zero-order valence-electron chi connectivity index (χ0n) is 24.1. The fraction of sp³-hybridized carbons (Fsp3) is 0.548. The second-order valence-corrected chi connectivity index (χ2v) is 11.2. The molecule has 2 saturated carbocycles. The van der Waals surface area contributed by atoms with Crippen molar-refractivity contribution >= 4 is 12.0 Å². The molecular weight excluding hydrogens is 556 g/mol. The van der Waals surface area contributed by atoms with Crippen LogP contribution < -0.4 is 14.8 Å². The molecule has 0 bridgehead atoms. The van der Waals surface area contributed by atoms with Crippen molar-refractivity contribution < 1.29 is 41.7 Å². The number of ether oxygens (including phenoxy) is 2. The van der Waals surface area contributed by atoms with Crippen LogP contribution >= 0.6 is 0 Å². The summed E-state index contributed by atoms with van der Waals surface area (Å²) in [6.45, 7) is 5.57. The molecule has 2 aromatic carbocycles. The molecule has 2 N–H and O–H groups in total. The molecule has 4 rings (SSSR count). The number of halogens is 4. The van der Waals surface area contributed by atoms with Gasteiger partial charge in [0.2, 0.25) is 0 Å². The number of rotatable bonds is 14. The Kier molecular flexibility index (Phi) is 9.27. The van der Waals surface area contributed by atoms with Crippen LogP contribution in [0.1, 0.15) is 81.5 Å². The first-order valence-corrected chi connectivity index (χ1v) is 14.3. The monoisotopic (exact) mass is 594 g/mol. The van der Waals surface area contributed by atoms with E-state index in [-0.39, 0.29) is 5.92 Å². The van der Waals surface area contributed by atoms with E-state index in [2.05, 4.69) is 5.32 Å². The molecule has 230 valence electrons. The van der Waals surface area contributed by atoms with Gasteiger partial charge in [0, 0.05) is 37.8 Å². The average Bonchev–Trinajstić information content (AvgIpc) is 3.73. The van der Waals surface area contributed by atoms with Crippen LogP contribution in [0.5, 0.6) is 11.5 Å². The van der Waals surface area contributed by atoms with Gasteiger partial charge in [-0.3, -0.25) is 0 Å². The zero-order valence-corrected chi connectivity index (χ0v) is 24.1. The molecule has 0 aromatic heterocycles. The highest BCUT2D eigenvalue weighted by Gasteiger charge is 2.62. The summed E-state index contributed by atoms with van der Waals surface area (Å²) in [7, 11) is 0. The summed E-state index contributed by atoms with van der Waals surface area (Å²) in [5.74, 6) is -6.64. The molecule has 0 heterocycles. The lowest BCUT2D eigenvalue weighted by molar-refractivity contribution is -0.175. The van der Waals surface area contributed by atoms with Crippen molar-refractivity contribution in [2.24, 2.45) is 0 Å². The standard InChI is InChI=1S/C31H38F4N2O5/c1-4-41-24-15-23(16-25(42-5-2)26(24)22-11-12-22)20(3)37(14-13-30(32,33)17-21-9-7-6-8-10-21)28(40)36-29(27(38)39)18-31(34,35)19-29/h6-10,15-16,20,22H,4-5,11-14,17-19H2,1-3H3,(H,36,40)(H,38,39)/t20-/m1/s1. The van der Waals surface area contributed by atoms with Gasteiger partial charge in [-0.25, -0.2) is 27.2 Å². The summed E-state index contributed by atoms with van der Waals surface area (Å²) in [5, 5.41) is 11.9. The maximum Gasteiger partial charge on any atom is 0.329 e. The Hall–Kier alpha value is -3.50. The number of carboxylic acid groups (broad SMARTS) is 1. The Balaban J connectivity index is 1.65. The highest BCUT2D eigenvalue weighted by atomic mass is 19.3. The molecule has 2 aliphatic carbocycles. The Morgan fingerprint density at radius 1 is 1.07 bits per heavy atom. The molecule has 2 aromatic rings. The number of carbonyl (C=O) groups is 2. The number of carbonyl (C=O) groups excluding carboxylic acids is 1. The van der Waals surface area contributed by atoms with Crippen molar-refractivity contribution in [3.63, 3.8) is 0 Å². The number of carboxylic acids is 1. The van der Waals surface area contributed by atoms with Gasteiger partial charge < -0.3 is 24.8 Å². The molecule has 0 aliphatic heterocycles. The summed E-state index contributed by atoms with van der Waals surface area (Å²) in [5.41, 5.74) is -0.322. The highest BCUT2D eigenvalue weighted by Crippen LogP contribution is 2.50. The van der Waals surface area contributed by atoms with Gasteiger partial charge >= 0.3 is 12.0 Å². The molecule has 2 aliphatic rings. The quantitative estimate of drug-likeness (QED) is 0.231. The number of amides is 2. The van der Waals surface area contributed by atoms with Crippen molar-refractivity contribution in [3.05, 3.63) is 59.2 Å². The SMILES string of the molecule is CCOc1cc([C@@H](C)N(CCC(F)(F)Cc2ccccc2)C(=O)NC2(C(=O)O)CC(F)(F)C2)cc(OCC)c1C1CC1. The van der Waals surface area contributed by atoms with Crippen LogP contribution in [-0.4, -0.2) is 59.1 Å². The van der Waals surface area contributed by atoms with E-state index in [1.54, 1.807) is 49.4 Å². The minimum absolute atomic E-state index is 0.268. The second kappa shape index (κ2) is 12.4. The minimum atomic E-state index is -3.25. The second-order valence-electron chi connectivity index (χ2n) is 11.2. The molecule has 0 radical (unpaired) electrons. The van der Waals surface area contributed by atoms with Crippen molar-refractivity contribution in [2.75, 3.05) is 19.8 Å². The predicted octanol–water partition coefficient (Wildman–Crippen LogP) is 6.95. The average molecular weight is 595 g/mol. The van der Waals surface area contributed by atoms with Gasteiger partial charge in [-0.15, -0.1) is 0 Å². The third kappa shape index (κ3) is 7.28. The molecule has 0 unspecified atom stereocenters. The molecule has 0 spiro atoms. The molecule has 2 amide bonds. The van der Waals surface area contributed by atoms with Gasteiger partial charge in [-0.1, -0.05) is 30.3 Å². The lowest BCUT2D eigenvalue weighted by Crippen LogP contribution is -2.68. The number of nitrogens with zero attached hydrogens (tertiary/aromatic N) is 1. The topological polar surface area (TPSA) is 88.1 Å². The lowest BCUT2D eigenvalue weighted by atomic mass is 9.73. The number of aliphatic carboxylic acids is 1. The van der Waals surface area contributed by atoms with E-state index in [9.17, 15) is 23.5 Å². The van der Waals surface area contributed by atoms with Gasteiger partial charge in [0.05, 0.1) is 19.3 Å². The van der Waals surface area contributed by atoms with Gasteiger partial charge in [0.15, 0.2) is 5.54 Å². The number of alkyl halides is 4. The normalized spacial score (nSPS) is 18.0. The summed E-state index contributed by atoms with van der Waals surface area (Å²) < 4.78 is 69.6. The Morgan fingerprint density at radius 2 is 1.64 bits per heavy atom. The van der Waals surface area contributed by atoms with Crippen LogP contribution in [0.3, 0.4) is 0 Å². The van der Waals surface area contributed by atoms with E-state index >= 15 is 8.78 Å². The van der Waals surface area contributed by atoms with E-state index in [1.165, 1.54) is 0 Å². The molecule has 2 fully saturated rings. The van der Waals surface area contributed by atoms with Crippen molar-refractivity contribution in [1.82, 2.24) is 10.2 Å². The van der Waals surface area contributed by atoms with E-state index in [4.69, 9.17) is 9.47 Å². The smallest absolute Gasteiger partial charge is 0.329 e. The van der Waals surface area contributed by atoms with Crippen LogP contribution in [0.15, 0.2) is 42.5 Å². The zero-order chi connectivity index (χ0) is 30.7. The van der Waals surface area contributed by atoms with Crippen molar-refractivity contribution in [1.29, 1.82) is 0 Å². The van der Waals surface area contributed by atoms with E-state index in [1.807, 2.05) is 13.8 Å². The third-order valence-corrected chi connectivity index (χ3v) is 7.82. The molecule has 42 heavy (non-hydrogen) atoms. The van der Waals surface area contributed by atoms with Crippen molar-refractivity contribution in [3.8, 4) is 11.5 Å². The first kappa shape index (κ1) is 31.4. The van der Waals surface area contributed by atoms with Crippen LogP contribution in [0.25, 0.3) is 0 Å². The van der Waals surface area contributed by atoms with E-state index < -0.39 is 67.7 Å². The number of benzene rings is 2. The van der Waals surface area contributed by atoms with E-state index in [0.29, 0.717) is 35.8 Å². The Bertz CT molecular complexity index is 1230. The number of hydrogen-bond donors (Lipinski definition) is 2. The fourth-order valence-corrected chi connectivity index (χ4v) is 5.51. The van der Waals surface area contributed by atoms with Crippen LogP contribution in [0.4, 0.5) is 22.4 Å². The summed E-state index contributed by atoms with van der Waals surface area (Å²) in [4.78, 5) is 26.6. The van der Waals surface area contributed by atoms with Crippen LogP contribution in [0, 0.1) is 0 Å². The minimum Gasteiger partial charge on any atom is -0.493 e. The van der Waals surface area contributed by atoms with E-state index in [0.717, 1.165) is 23.3 Å². The maximum absolute atomic E-state index is 15.1. The third-order valence-electron chi connectivity index (χ3n) is 7.82. The van der Waals surface area contributed by atoms with Crippen LogP contribution in [-0.2, 0) is 11.2 Å². The molecular formula is C31H38F4N2O5. The first-order valence-electron chi connectivity index (χ1n) is 14.3. The van der Waals surface area contributed by atoms with Crippen LogP contribution in [0.2, 0.25) is 0 Å². The molecule has 1 atom stereocenters. The van der Waals surface area contributed by atoms with Gasteiger partial charge in [0.25, 0.3) is 11.8 Å². The summed E-state index contributed by atoms with van der Waals surface area (Å²) >= 11 is 0. The van der Waals surface area contributed by atoms with Gasteiger partial charge in [0.1, 0.15) is 11.5 Å². The lowest BCUT2D eigenvalue weighted by Gasteiger charge is -2.45. The fourth-order valence-electron chi connectivity index (χ4n) is 5.51.